The topological polar surface area (TPSA) is 51.0 Å². The highest BCUT2D eigenvalue weighted by Crippen LogP contribution is 2.42. The maximum atomic E-state index is 13.3. The Balaban J connectivity index is 1.62. The normalized spacial score (nSPS) is 18.7. The van der Waals surface area contributed by atoms with Crippen LogP contribution in [-0.4, -0.2) is 38.7 Å². The maximum absolute atomic E-state index is 13.3. The van der Waals surface area contributed by atoms with E-state index in [2.05, 4.69) is 21.7 Å². The van der Waals surface area contributed by atoms with Crippen molar-refractivity contribution in [2.75, 3.05) is 13.1 Å². The second-order valence-corrected chi connectivity index (χ2v) is 8.23. The molecule has 5 nitrogen and oxygen atoms in total. The van der Waals surface area contributed by atoms with Crippen LogP contribution in [-0.2, 0) is 11.3 Å². The summed E-state index contributed by atoms with van der Waals surface area (Å²) >= 11 is 1.56. The number of carbonyl (C=O) groups is 1. The SMILES string of the molecule is CCn1c(S[C@@H](C(=O)N2CCCCC2)c2ccccc2)nnc1C1CC1. The van der Waals surface area contributed by atoms with Gasteiger partial charge in [0.2, 0.25) is 5.91 Å². The molecule has 26 heavy (non-hydrogen) atoms. The predicted octanol–water partition coefficient (Wildman–Crippen LogP) is 4.02. The highest BCUT2D eigenvalue weighted by atomic mass is 32.2. The van der Waals surface area contributed by atoms with Crippen molar-refractivity contribution < 1.29 is 4.79 Å². The second kappa shape index (κ2) is 7.82. The number of piperidine rings is 1. The average Bonchev–Trinajstić information content (AvgIpc) is 3.47. The van der Waals surface area contributed by atoms with E-state index in [4.69, 9.17) is 0 Å². The predicted molar refractivity (Wildman–Crippen MR) is 103 cm³/mol. The van der Waals surface area contributed by atoms with Crippen molar-refractivity contribution in [3.8, 4) is 0 Å². The van der Waals surface area contributed by atoms with E-state index in [0.717, 1.165) is 49.0 Å². The van der Waals surface area contributed by atoms with Crippen LogP contribution in [0.1, 0.15) is 61.6 Å². The zero-order valence-corrected chi connectivity index (χ0v) is 16.1. The van der Waals surface area contributed by atoms with E-state index in [0.29, 0.717) is 5.92 Å². The molecule has 1 aromatic heterocycles. The number of carbonyl (C=O) groups excluding carboxylic acids is 1. The number of aromatic nitrogens is 3. The molecule has 1 aromatic carbocycles. The highest BCUT2D eigenvalue weighted by Gasteiger charge is 2.33. The molecular weight excluding hydrogens is 344 g/mol. The van der Waals surface area contributed by atoms with Gasteiger partial charge in [-0.25, -0.2) is 0 Å². The van der Waals surface area contributed by atoms with Crippen LogP contribution in [0.15, 0.2) is 35.5 Å². The molecule has 0 N–H and O–H groups in total. The molecule has 0 spiro atoms. The van der Waals surface area contributed by atoms with Crippen molar-refractivity contribution in [1.82, 2.24) is 19.7 Å². The van der Waals surface area contributed by atoms with Gasteiger partial charge in [0, 0.05) is 25.6 Å². The molecule has 1 atom stereocenters. The zero-order valence-electron chi connectivity index (χ0n) is 15.3. The van der Waals surface area contributed by atoms with Crippen molar-refractivity contribution in [3.63, 3.8) is 0 Å². The Kier molecular flexibility index (Phi) is 5.29. The van der Waals surface area contributed by atoms with Crippen LogP contribution in [0.25, 0.3) is 0 Å². The van der Waals surface area contributed by atoms with Gasteiger partial charge in [-0.3, -0.25) is 4.79 Å². The number of benzene rings is 1. The third-order valence-electron chi connectivity index (χ3n) is 5.22. The quantitative estimate of drug-likeness (QED) is 0.721. The largest absolute Gasteiger partial charge is 0.341 e. The Bertz CT molecular complexity index is 750. The van der Waals surface area contributed by atoms with Gasteiger partial charge < -0.3 is 9.47 Å². The van der Waals surface area contributed by atoms with Crippen molar-refractivity contribution in [3.05, 3.63) is 41.7 Å². The summed E-state index contributed by atoms with van der Waals surface area (Å²) in [6.45, 7) is 4.72. The van der Waals surface area contributed by atoms with E-state index < -0.39 is 0 Å². The van der Waals surface area contributed by atoms with Crippen LogP contribution in [0.2, 0.25) is 0 Å². The number of hydrogen-bond acceptors (Lipinski definition) is 4. The maximum Gasteiger partial charge on any atom is 0.240 e. The summed E-state index contributed by atoms with van der Waals surface area (Å²) in [5.41, 5.74) is 1.05. The summed E-state index contributed by atoms with van der Waals surface area (Å²) in [4.78, 5) is 15.3. The smallest absolute Gasteiger partial charge is 0.240 e. The summed E-state index contributed by atoms with van der Waals surface area (Å²) in [5, 5.41) is 9.50. The molecule has 0 unspecified atom stereocenters. The van der Waals surface area contributed by atoms with Crippen molar-refractivity contribution in [2.45, 2.75) is 61.9 Å². The lowest BCUT2D eigenvalue weighted by Gasteiger charge is -2.30. The van der Waals surface area contributed by atoms with Crippen LogP contribution >= 0.6 is 11.8 Å². The van der Waals surface area contributed by atoms with Gasteiger partial charge in [0.25, 0.3) is 0 Å². The Hall–Kier alpha value is -1.82. The van der Waals surface area contributed by atoms with E-state index in [9.17, 15) is 4.79 Å². The van der Waals surface area contributed by atoms with Gasteiger partial charge in [0.15, 0.2) is 5.16 Å². The van der Waals surface area contributed by atoms with E-state index in [1.54, 1.807) is 11.8 Å². The molecule has 0 bridgehead atoms. The molecule has 1 aliphatic carbocycles. The standard InChI is InChI=1S/C20H26N4OS/c1-2-24-18(16-11-12-16)21-22-20(24)26-17(15-9-5-3-6-10-15)19(25)23-13-7-4-8-14-23/h3,5-6,9-10,16-17H,2,4,7-8,11-14H2,1H3/t17-/m1/s1. The van der Waals surface area contributed by atoms with Gasteiger partial charge in [-0.1, -0.05) is 42.1 Å². The highest BCUT2D eigenvalue weighted by molar-refractivity contribution is 8.00. The molecule has 1 saturated carbocycles. The number of thioether (sulfide) groups is 1. The summed E-state index contributed by atoms with van der Waals surface area (Å²) in [5.74, 6) is 1.86. The molecule has 4 rings (SSSR count). The first-order chi connectivity index (χ1) is 12.8. The number of hydrogen-bond donors (Lipinski definition) is 0. The number of likely N-dealkylation sites (tertiary alicyclic amines) is 1. The molecule has 2 aromatic rings. The van der Waals surface area contributed by atoms with Crippen LogP contribution in [0.5, 0.6) is 0 Å². The van der Waals surface area contributed by atoms with Crippen LogP contribution < -0.4 is 0 Å². The lowest BCUT2D eigenvalue weighted by atomic mass is 10.1. The molecule has 1 aliphatic heterocycles. The first-order valence-corrected chi connectivity index (χ1v) is 10.6. The monoisotopic (exact) mass is 370 g/mol. The van der Waals surface area contributed by atoms with Gasteiger partial charge in [-0.15, -0.1) is 10.2 Å². The van der Waals surface area contributed by atoms with Crippen LogP contribution in [0, 0.1) is 0 Å². The lowest BCUT2D eigenvalue weighted by molar-refractivity contribution is -0.131. The van der Waals surface area contributed by atoms with Crippen molar-refractivity contribution in [2.24, 2.45) is 0 Å². The van der Waals surface area contributed by atoms with Gasteiger partial charge in [-0.2, -0.15) is 0 Å². The minimum absolute atomic E-state index is 0.208. The van der Waals surface area contributed by atoms with E-state index in [1.807, 2.05) is 35.2 Å². The average molecular weight is 371 g/mol. The summed E-state index contributed by atoms with van der Waals surface area (Å²) in [7, 11) is 0. The Labute approximate surface area is 159 Å². The summed E-state index contributed by atoms with van der Waals surface area (Å²) < 4.78 is 2.20. The van der Waals surface area contributed by atoms with Crippen LogP contribution in [0.4, 0.5) is 0 Å². The summed E-state index contributed by atoms with van der Waals surface area (Å²) in [6, 6.07) is 10.1. The Morgan fingerprint density at radius 3 is 2.54 bits per heavy atom. The Morgan fingerprint density at radius 2 is 1.88 bits per heavy atom. The van der Waals surface area contributed by atoms with E-state index in [-0.39, 0.29) is 11.2 Å². The zero-order chi connectivity index (χ0) is 17.9. The van der Waals surface area contributed by atoms with Gasteiger partial charge in [0.05, 0.1) is 0 Å². The minimum Gasteiger partial charge on any atom is -0.341 e. The molecule has 1 amide bonds. The molecule has 6 heteroatoms. The lowest BCUT2D eigenvalue weighted by Crippen LogP contribution is -2.38. The molecule has 138 valence electrons. The van der Waals surface area contributed by atoms with Crippen molar-refractivity contribution in [1.29, 1.82) is 0 Å². The molecule has 0 radical (unpaired) electrons. The number of amides is 1. The first kappa shape index (κ1) is 17.6. The molecule has 2 heterocycles. The Morgan fingerprint density at radius 1 is 1.15 bits per heavy atom. The van der Waals surface area contributed by atoms with Gasteiger partial charge >= 0.3 is 0 Å². The third-order valence-corrected chi connectivity index (χ3v) is 6.44. The third kappa shape index (κ3) is 3.65. The van der Waals surface area contributed by atoms with E-state index >= 15 is 0 Å². The molecular formula is C20H26N4OS. The van der Waals surface area contributed by atoms with Crippen LogP contribution in [0.3, 0.4) is 0 Å². The second-order valence-electron chi connectivity index (χ2n) is 7.15. The number of nitrogens with zero attached hydrogens (tertiary/aromatic N) is 4. The summed E-state index contributed by atoms with van der Waals surface area (Å²) in [6.07, 6.45) is 5.85. The fourth-order valence-electron chi connectivity index (χ4n) is 3.60. The fraction of sp³-hybridized carbons (Fsp3) is 0.550. The molecule has 1 saturated heterocycles. The molecule has 2 fully saturated rings. The number of rotatable bonds is 6. The molecule has 2 aliphatic rings. The minimum atomic E-state index is -0.254. The van der Waals surface area contributed by atoms with Crippen molar-refractivity contribution >= 4 is 17.7 Å². The van der Waals surface area contributed by atoms with Gasteiger partial charge in [0.1, 0.15) is 11.1 Å². The van der Waals surface area contributed by atoms with E-state index in [1.165, 1.54) is 19.3 Å². The first-order valence-electron chi connectivity index (χ1n) is 9.71. The fourth-order valence-corrected chi connectivity index (χ4v) is 4.79. The van der Waals surface area contributed by atoms with Gasteiger partial charge in [-0.05, 0) is 44.6 Å².